The Morgan fingerprint density at radius 1 is 1.33 bits per heavy atom. The second-order valence-electron chi connectivity index (χ2n) is 5.32. The maximum absolute atomic E-state index is 12.9. The highest BCUT2D eigenvalue weighted by molar-refractivity contribution is 5.82. The van der Waals surface area contributed by atoms with E-state index >= 15 is 0 Å². The second-order valence-corrected chi connectivity index (χ2v) is 5.32. The van der Waals surface area contributed by atoms with Crippen molar-refractivity contribution in [1.82, 2.24) is 15.1 Å². The van der Waals surface area contributed by atoms with Gasteiger partial charge in [0.1, 0.15) is 0 Å². The predicted octanol–water partition coefficient (Wildman–Crippen LogP) is 0.538. The van der Waals surface area contributed by atoms with Crippen LogP contribution in [0.4, 0.5) is 8.78 Å². The molecule has 0 unspecified atom stereocenters. The van der Waals surface area contributed by atoms with E-state index in [1.54, 1.807) is 9.80 Å². The molecule has 0 aromatic carbocycles. The molecule has 2 aliphatic heterocycles. The monoisotopic (exact) mass is 261 g/mol. The number of halogens is 2. The fourth-order valence-corrected chi connectivity index (χ4v) is 2.63. The van der Waals surface area contributed by atoms with Gasteiger partial charge in [0.05, 0.1) is 12.6 Å². The summed E-state index contributed by atoms with van der Waals surface area (Å²) in [5.41, 5.74) is 0. The zero-order chi connectivity index (χ0) is 13.2. The van der Waals surface area contributed by atoms with Gasteiger partial charge in [0, 0.05) is 33.1 Å². The number of alkyl halides is 2. The molecular weight excluding hydrogens is 240 g/mol. The van der Waals surface area contributed by atoms with Gasteiger partial charge in [-0.15, -0.1) is 0 Å². The van der Waals surface area contributed by atoms with Crippen LogP contribution >= 0.6 is 0 Å². The van der Waals surface area contributed by atoms with Gasteiger partial charge in [0.25, 0.3) is 5.92 Å². The summed E-state index contributed by atoms with van der Waals surface area (Å²) in [6.07, 6.45) is 1.94. The van der Waals surface area contributed by atoms with E-state index in [4.69, 9.17) is 0 Å². The molecule has 2 rings (SSSR count). The smallest absolute Gasteiger partial charge is 0.257 e. The zero-order valence-corrected chi connectivity index (χ0v) is 10.8. The Balaban J connectivity index is 1.77. The fraction of sp³-hybridized carbons (Fsp3) is 0.917. The Hall–Kier alpha value is -0.750. The topological polar surface area (TPSA) is 35.6 Å². The van der Waals surface area contributed by atoms with Crippen LogP contribution in [0.3, 0.4) is 0 Å². The third-order valence-corrected chi connectivity index (χ3v) is 3.54. The molecule has 4 nitrogen and oxygen atoms in total. The molecule has 2 fully saturated rings. The van der Waals surface area contributed by atoms with Crippen molar-refractivity contribution >= 4 is 5.91 Å². The molecule has 6 heteroatoms. The van der Waals surface area contributed by atoms with E-state index in [2.05, 4.69) is 5.32 Å². The Morgan fingerprint density at radius 3 is 2.50 bits per heavy atom. The van der Waals surface area contributed by atoms with E-state index < -0.39 is 5.92 Å². The first-order valence-electron chi connectivity index (χ1n) is 6.58. The van der Waals surface area contributed by atoms with E-state index in [1.165, 1.54) is 0 Å². The lowest BCUT2D eigenvalue weighted by atomic mass is 10.2. The SMILES string of the molecule is CC(F)(F)CN1CCN(C(=O)[C@@H]2CCCN2)CC1. The van der Waals surface area contributed by atoms with Crippen LogP contribution in [0.25, 0.3) is 0 Å². The number of hydrogen-bond donors (Lipinski definition) is 1. The number of hydrogen-bond acceptors (Lipinski definition) is 3. The lowest BCUT2D eigenvalue weighted by Crippen LogP contribution is -2.54. The van der Waals surface area contributed by atoms with Crippen LogP contribution in [-0.2, 0) is 4.79 Å². The number of nitrogens with one attached hydrogen (secondary N) is 1. The van der Waals surface area contributed by atoms with Crippen LogP contribution in [0.5, 0.6) is 0 Å². The van der Waals surface area contributed by atoms with Crippen molar-refractivity contribution in [3.63, 3.8) is 0 Å². The maximum atomic E-state index is 12.9. The summed E-state index contributed by atoms with van der Waals surface area (Å²) < 4.78 is 25.8. The van der Waals surface area contributed by atoms with Crippen molar-refractivity contribution in [2.45, 2.75) is 31.7 Å². The number of rotatable bonds is 3. The minimum atomic E-state index is -2.65. The van der Waals surface area contributed by atoms with Crippen molar-refractivity contribution in [3.05, 3.63) is 0 Å². The molecule has 2 saturated heterocycles. The molecule has 104 valence electrons. The summed E-state index contributed by atoms with van der Waals surface area (Å²) in [5.74, 6) is -2.52. The fourth-order valence-electron chi connectivity index (χ4n) is 2.63. The summed E-state index contributed by atoms with van der Waals surface area (Å²) in [5, 5.41) is 3.18. The van der Waals surface area contributed by atoms with Crippen molar-refractivity contribution in [3.8, 4) is 0 Å². The van der Waals surface area contributed by atoms with Crippen LogP contribution in [0.1, 0.15) is 19.8 Å². The van der Waals surface area contributed by atoms with Gasteiger partial charge in [0.15, 0.2) is 0 Å². The van der Waals surface area contributed by atoms with E-state index in [9.17, 15) is 13.6 Å². The van der Waals surface area contributed by atoms with Gasteiger partial charge < -0.3 is 10.2 Å². The third-order valence-electron chi connectivity index (χ3n) is 3.54. The van der Waals surface area contributed by atoms with Crippen LogP contribution in [0.2, 0.25) is 0 Å². The first kappa shape index (κ1) is 13.7. The molecule has 1 atom stereocenters. The molecule has 2 aliphatic rings. The summed E-state index contributed by atoms with van der Waals surface area (Å²) in [4.78, 5) is 15.6. The van der Waals surface area contributed by atoms with Gasteiger partial charge in [-0.05, 0) is 19.4 Å². The molecule has 18 heavy (non-hydrogen) atoms. The number of carbonyl (C=O) groups is 1. The van der Waals surface area contributed by atoms with Crippen LogP contribution in [0.15, 0.2) is 0 Å². The minimum Gasteiger partial charge on any atom is -0.339 e. The summed E-state index contributed by atoms with van der Waals surface area (Å²) in [6.45, 7) is 3.84. The zero-order valence-electron chi connectivity index (χ0n) is 10.8. The summed E-state index contributed by atoms with van der Waals surface area (Å²) in [6, 6.07) is -0.0517. The first-order valence-corrected chi connectivity index (χ1v) is 6.58. The van der Waals surface area contributed by atoms with Crippen molar-refractivity contribution in [1.29, 1.82) is 0 Å². The maximum Gasteiger partial charge on any atom is 0.257 e. The van der Waals surface area contributed by atoms with Crippen molar-refractivity contribution in [2.75, 3.05) is 39.3 Å². The number of nitrogens with zero attached hydrogens (tertiary/aromatic N) is 2. The average molecular weight is 261 g/mol. The second kappa shape index (κ2) is 5.48. The number of piperazine rings is 1. The normalized spacial score (nSPS) is 26.6. The summed E-state index contributed by atoms with van der Waals surface area (Å²) in [7, 11) is 0. The lowest BCUT2D eigenvalue weighted by molar-refractivity contribution is -0.135. The van der Waals surface area contributed by atoms with Crippen LogP contribution < -0.4 is 5.32 Å². The van der Waals surface area contributed by atoms with Gasteiger partial charge >= 0.3 is 0 Å². The quantitative estimate of drug-likeness (QED) is 0.805. The lowest BCUT2D eigenvalue weighted by Gasteiger charge is -2.36. The molecule has 1 N–H and O–H groups in total. The van der Waals surface area contributed by atoms with E-state index in [-0.39, 0.29) is 18.5 Å². The highest BCUT2D eigenvalue weighted by Crippen LogP contribution is 2.16. The first-order chi connectivity index (χ1) is 8.46. The van der Waals surface area contributed by atoms with Gasteiger partial charge in [-0.2, -0.15) is 0 Å². The van der Waals surface area contributed by atoms with E-state index in [0.29, 0.717) is 26.2 Å². The Labute approximate surface area is 106 Å². The largest absolute Gasteiger partial charge is 0.339 e. The van der Waals surface area contributed by atoms with E-state index in [1.807, 2.05) is 0 Å². The van der Waals surface area contributed by atoms with Crippen molar-refractivity contribution in [2.24, 2.45) is 0 Å². The molecule has 0 aliphatic carbocycles. The molecule has 0 bridgehead atoms. The molecule has 0 aromatic rings. The van der Waals surface area contributed by atoms with Gasteiger partial charge in [0.2, 0.25) is 5.91 Å². The molecule has 0 aromatic heterocycles. The van der Waals surface area contributed by atoms with Crippen molar-refractivity contribution < 1.29 is 13.6 Å². The van der Waals surface area contributed by atoms with Crippen LogP contribution in [-0.4, -0.2) is 66.9 Å². The molecule has 0 spiro atoms. The van der Waals surface area contributed by atoms with Gasteiger partial charge in [-0.25, -0.2) is 8.78 Å². The van der Waals surface area contributed by atoms with E-state index in [0.717, 1.165) is 26.3 Å². The average Bonchev–Trinajstić information content (AvgIpc) is 2.80. The standard InChI is InChI=1S/C12H21F2N3O/c1-12(13,14)9-16-5-7-17(8-6-16)11(18)10-3-2-4-15-10/h10,15H,2-9H2,1H3/t10-/m0/s1. The molecule has 0 radical (unpaired) electrons. The molecule has 2 heterocycles. The Kier molecular flexibility index (Phi) is 4.17. The Morgan fingerprint density at radius 2 is 2.00 bits per heavy atom. The number of amides is 1. The number of carbonyl (C=O) groups excluding carboxylic acids is 1. The highest BCUT2D eigenvalue weighted by atomic mass is 19.3. The molecule has 1 amide bonds. The third kappa shape index (κ3) is 3.62. The molecular formula is C12H21F2N3O. The molecule has 0 saturated carbocycles. The van der Waals surface area contributed by atoms with Gasteiger partial charge in [-0.3, -0.25) is 9.69 Å². The van der Waals surface area contributed by atoms with Gasteiger partial charge in [-0.1, -0.05) is 0 Å². The Bertz CT molecular complexity index is 292. The van der Waals surface area contributed by atoms with Crippen LogP contribution in [0, 0.1) is 0 Å². The predicted molar refractivity (Wildman–Crippen MR) is 64.7 cm³/mol. The highest BCUT2D eigenvalue weighted by Gasteiger charge is 2.31. The summed E-state index contributed by atoms with van der Waals surface area (Å²) >= 11 is 0. The minimum absolute atomic E-state index is 0.0517.